The zero-order valence-electron chi connectivity index (χ0n) is 13.2. The first kappa shape index (κ1) is 20.5. The summed E-state index contributed by atoms with van der Waals surface area (Å²) >= 11 is 0. The summed E-state index contributed by atoms with van der Waals surface area (Å²) in [6, 6.07) is 5.78. The number of alkyl halides is 3. The van der Waals surface area contributed by atoms with E-state index in [1.165, 1.54) is 0 Å². The van der Waals surface area contributed by atoms with Crippen molar-refractivity contribution < 1.29 is 18.0 Å². The zero-order chi connectivity index (χ0) is 17.7. The van der Waals surface area contributed by atoms with Crippen LogP contribution >= 0.6 is 12.4 Å². The van der Waals surface area contributed by atoms with E-state index in [0.717, 1.165) is 17.8 Å². The van der Waals surface area contributed by atoms with Crippen LogP contribution in [0.5, 0.6) is 0 Å². The van der Waals surface area contributed by atoms with Crippen LogP contribution in [-0.4, -0.2) is 29.0 Å². The Morgan fingerprint density at radius 1 is 1.24 bits per heavy atom. The van der Waals surface area contributed by atoms with Crippen molar-refractivity contribution in [3.05, 3.63) is 47.3 Å². The number of anilines is 2. The summed E-state index contributed by atoms with van der Waals surface area (Å²) in [6.45, 7) is 2.14. The summed E-state index contributed by atoms with van der Waals surface area (Å²) in [7, 11) is 0. The smallest absolute Gasteiger partial charge is 0.399 e. The number of benzene rings is 1. The maximum Gasteiger partial charge on any atom is 0.433 e. The zero-order valence-corrected chi connectivity index (χ0v) is 14.0. The fraction of sp³-hybridized carbons (Fsp3) is 0.267. The molecule has 136 valence electrons. The molecule has 1 amide bonds. The molecule has 1 aromatic heterocycles. The van der Waals surface area contributed by atoms with Gasteiger partial charge in [0.1, 0.15) is 5.69 Å². The molecule has 0 aliphatic heterocycles. The van der Waals surface area contributed by atoms with Gasteiger partial charge in [0.25, 0.3) is 5.91 Å². The fourth-order valence-corrected chi connectivity index (χ4v) is 1.93. The van der Waals surface area contributed by atoms with Gasteiger partial charge in [-0.15, -0.1) is 12.4 Å². The van der Waals surface area contributed by atoms with Gasteiger partial charge in [-0.3, -0.25) is 4.79 Å². The van der Waals surface area contributed by atoms with Gasteiger partial charge in [0.05, 0.1) is 0 Å². The minimum atomic E-state index is -4.53. The van der Waals surface area contributed by atoms with E-state index in [1.807, 2.05) is 0 Å². The number of amides is 1. The van der Waals surface area contributed by atoms with E-state index in [9.17, 15) is 18.0 Å². The summed E-state index contributed by atoms with van der Waals surface area (Å²) in [5, 5.41) is 5.28. The second kappa shape index (κ2) is 8.52. The number of hydrogen-bond donors (Lipinski definition) is 3. The molecular weight excluding hydrogens is 359 g/mol. The summed E-state index contributed by atoms with van der Waals surface area (Å²) in [5.41, 5.74) is 6.31. The molecule has 0 saturated carbocycles. The Kier molecular flexibility index (Phi) is 6.98. The highest BCUT2D eigenvalue weighted by atomic mass is 35.5. The third-order valence-electron chi connectivity index (χ3n) is 3.15. The molecule has 6 nitrogen and oxygen atoms in total. The number of aryl methyl sites for hydroxylation is 1. The molecule has 0 bridgehead atoms. The topological polar surface area (TPSA) is 92.9 Å². The van der Waals surface area contributed by atoms with Crippen LogP contribution in [0.25, 0.3) is 0 Å². The van der Waals surface area contributed by atoms with E-state index in [1.54, 1.807) is 25.1 Å². The van der Waals surface area contributed by atoms with Crippen molar-refractivity contribution in [1.82, 2.24) is 15.3 Å². The van der Waals surface area contributed by atoms with Crippen LogP contribution in [0.1, 0.15) is 21.6 Å². The number of nitrogen functional groups attached to an aromatic ring is 1. The third-order valence-corrected chi connectivity index (χ3v) is 3.15. The largest absolute Gasteiger partial charge is 0.433 e. The summed E-state index contributed by atoms with van der Waals surface area (Å²) in [4.78, 5) is 19.1. The Hall–Kier alpha value is -2.55. The van der Waals surface area contributed by atoms with Crippen LogP contribution in [0.4, 0.5) is 24.8 Å². The van der Waals surface area contributed by atoms with Crippen molar-refractivity contribution in [1.29, 1.82) is 0 Å². The number of carbonyl (C=O) groups excluding carboxylic acids is 1. The lowest BCUT2D eigenvalue weighted by atomic mass is 10.1. The number of nitrogens with two attached hydrogens (primary N) is 1. The molecule has 0 aliphatic rings. The molecule has 2 rings (SSSR count). The van der Waals surface area contributed by atoms with E-state index >= 15 is 0 Å². The number of rotatable bonds is 5. The van der Waals surface area contributed by atoms with Gasteiger partial charge in [-0.2, -0.15) is 13.2 Å². The standard InChI is InChI=1S/C15H16F3N5O.ClH/c1-9-2-3-10(19)8-11(9)13(24)20-6-7-22-14-21-5-4-12(23-14)15(16,17)18;/h2-5,8H,6-7,19H2,1H3,(H,20,24)(H,21,22,23);1H. The number of halogens is 4. The third kappa shape index (κ3) is 5.79. The summed E-state index contributed by atoms with van der Waals surface area (Å²) < 4.78 is 37.6. The van der Waals surface area contributed by atoms with Gasteiger partial charge in [0.2, 0.25) is 5.95 Å². The molecule has 0 spiro atoms. The molecular formula is C15H17ClF3N5O. The molecule has 2 aromatic rings. The molecule has 1 heterocycles. The van der Waals surface area contributed by atoms with Gasteiger partial charge in [0.15, 0.2) is 0 Å². The normalized spacial score (nSPS) is 10.7. The Morgan fingerprint density at radius 3 is 2.64 bits per heavy atom. The van der Waals surface area contributed by atoms with Gasteiger partial charge in [-0.05, 0) is 30.7 Å². The molecule has 0 radical (unpaired) electrons. The van der Waals surface area contributed by atoms with Crippen molar-refractivity contribution >= 4 is 29.9 Å². The Labute approximate surface area is 148 Å². The summed E-state index contributed by atoms with van der Waals surface area (Å²) in [5.74, 6) is -0.467. The predicted molar refractivity (Wildman–Crippen MR) is 90.7 cm³/mol. The van der Waals surface area contributed by atoms with E-state index in [4.69, 9.17) is 5.73 Å². The van der Waals surface area contributed by atoms with Crippen LogP contribution in [-0.2, 0) is 6.18 Å². The lowest BCUT2D eigenvalue weighted by molar-refractivity contribution is -0.141. The van der Waals surface area contributed by atoms with Gasteiger partial charge in [0, 0.05) is 30.5 Å². The minimum absolute atomic E-state index is 0. The molecule has 1 aromatic carbocycles. The Balaban J connectivity index is 0.00000312. The average molecular weight is 376 g/mol. The number of nitrogens with one attached hydrogen (secondary N) is 2. The maximum atomic E-state index is 12.5. The number of hydrogen-bond acceptors (Lipinski definition) is 5. The van der Waals surface area contributed by atoms with Gasteiger partial charge in [-0.1, -0.05) is 6.07 Å². The maximum absolute atomic E-state index is 12.5. The van der Waals surface area contributed by atoms with Crippen LogP contribution in [0.2, 0.25) is 0 Å². The van der Waals surface area contributed by atoms with Gasteiger partial charge in [-0.25, -0.2) is 9.97 Å². The van der Waals surface area contributed by atoms with E-state index in [0.29, 0.717) is 11.3 Å². The molecule has 0 saturated heterocycles. The SMILES string of the molecule is Cc1ccc(N)cc1C(=O)NCCNc1nccc(C(F)(F)F)n1.Cl. The van der Waals surface area contributed by atoms with Crippen LogP contribution in [0, 0.1) is 6.92 Å². The molecule has 0 unspecified atom stereocenters. The van der Waals surface area contributed by atoms with E-state index in [2.05, 4.69) is 20.6 Å². The van der Waals surface area contributed by atoms with E-state index < -0.39 is 11.9 Å². The second-order valence-electron chi connectivity index (χ2n) is 5.02. The number of nitrogens with zero attached hydrogens (tertiary/aromatic N) is 2. The first-order chi connectivity index (χ1) is 11.3. The lowest BCUT2D eigenvalue weighted by Gasteiger charge is -2.10. The first-order valence-corrected chi connectivity index (χ1v) is 7.06. The highest BCUT2D eigenvalue weighted by Crippen LogP contribution is 2.27. The van der Waals surface area contributed by atoms with Gasteiger partial charge < -0.3 is 16.4 Å². The van der Waals surface area contributed by atoms with Crippen LogP contribution < -0.4 is 16.4 Å². The average Bonchev–Trinajstić information content (AvgIpc) is 2.53. The van der Waals surface area contributed by atoms with Crippen LogP contribution in [0.3, 0.4) is 0 Å². The highest BCUT2D eigenvalue weighted by Gasteiger charge is 2.32. The van der Waals surface area contributed by atoms with Crippen molar-refractivity contribution in [3.8, 4) is 0 Å². The van der Waals surface area contributed by atoms with Crippen molar-refractivity contribution in [2.24, 2.45) is 0 Å². The Bertz CT molecular complexity index is 739. The fourth-order valence-electron chi connectivity index (χ4n) is 1.93. The number of carbonyl (C=O) groups is 1. The van der Waals surface area contributed by atoms with Crippen molar-refractivity contribution in [2.45, 2.75) is 13.1 Å². The quantitative estimate of drug-likeness (QED) is 0.552. The van der Waals surface area contributed by atoms with Crippen molar-refractivity contribution in [2.75, 3.05) is 24.1 Å². The number of aromatic nitrogens is 2. The lowest BCUT2D eigenvalue weighted by Crippen LogP contribution is -2.29. The summed E-state index contributed by atoms with van der Waals surface area (Å²) in [6.07, 6.45) is -3.51. The first-order valence-electron chi connectivity index (χ1n) is 7.06. The van der Waals surface area contributed by atoms with Crippen LogP contribution in [0.15, 0.2) is 30.5 Å². The monoisotopic (exact) mass is 375 g/mol. The van der Waals surface area contributed by atoms with Crippen molar-refractivity contribution in [3.63, 3.8) is 0 Å². The molecule has 0 fully saturated rings. The molecule has 4 N–H and O–H groups in total. The Morgan fingerprint density at radius 2 is 1.96 bits per heavy atom. The second-order valence-corrected chi connectivity index (χ2v) is 5.02. The minimum Gasteiger partial charge on any atom is -0.399 e. The molecule has 10 heteroatoms. The van der Waals surface area contributed by atoms with E-state index in [-0.39, 0.29) is 37.4 Å². The molecule has 0 atom stereocenters. The predicted octanol–water partition coefficient (Wildman–Crippen LogP) is 2.65. The van der Waals surface area contributed by atoms with Gasteiger partial charge >= 0.3 is 6.18 Å². The molecule has 25 heavy (non-hydrogen) atoms. The highest BCUT2D eigenvalue weighted by molar-refractivity contribution is 5.96. The molecule has 0 aliphatic carbocycles.